The number of hydrogen-bond donors (Lipinski definition) is 1. The predicted octanol–water partition coefficient (Wildman–Crippen LogP) is 3.58. The highest BCUT2D eigenvalue weighted by Crippen LogP contribution is 2.30. The van der Waals surface area contributed by atoms with E-state index in [9.17, 15) is 0 Å². The summed E-state index contributed by atoms with van der Waals surface area (Å²) in [7, 11) is 2.04. The van der Waals surface area contributed by atoms with E-state index in [1.807, 2.05) is 44.5 Å². The number of furan rings is 1. The number of anilines is 1. The summed E-state index contributed by atoms with van der Waals surface area (Å²) in [5.74, 6) is 0.940. The second-order valence-electron chi connectivity index (χ2n) is 4.58. The Morgan fingerprint density at radius 3 is 2.70 bits per heavy atom. The van der Waals surface area contributed by atoms with Crippen molar-refractivity contribution in [1.29, 1.82) is 0 Å². The van der Waals surface area contributed by atoms with E-state index in [2.05, 4.69) is 4.90 Å². The topological polar surface area (TPSA) is 42.4 Å². The van der Waals surface area contributed by atoms with Gasteiger partial charge < -0.3 is 15.1 Å². The Kier molecular flexibility index (Phi) is 4.73. The fourth-order valence-electron chi connectivity index (χ4n) is 2.17. The SMILES string of the molecule is CSc1cccc(N(C)Cc2ccoc2C)c1C(N)=S. The van der Waals surface area contributed by atoms with Gasteiger partial charge in [-0.25, -0.2) is 0 Å². The zero-order valence-corrected chi connectivity index (χ0v) is 13.5. The maximum atomic E-state index is 5.90. The van der Waals surface area contributed by atoms with E-state index >= 15 is 0 Å². The number of thioether (sulfide) groups is 1. The van der Waals surface area contributed by atoms with Crippen LogP contribution in [0.25, 0.3) is 0 Å². The smallest absolute Gasteiger partial charge is 0.107 e. The first-order chi connectivity index (χ1) is 9.54. The molecule has 0 bridgehead atoms. The number of hydrogen-bond acceptors (Lipinski definition) is 4. The summed E-state index contributed by atoms with van der Waals surface area (Å²) in [5, 5.41) is 0. The molecule has 0 aliphatic rings. The van der Waals surface area contributed by atoms with Gasteiger partial charge in [-0.15, -0.1) is 11.8 Å². The van der Waals surface area contributed by atoms with Gasteiger partial charge in [-0.3, -0.25) is 0 Å². The molecule has 0 spiro atoms. The van der Waals surface area contributed by atoms with Crippen LogP contribution >= 0.6 is 24.0 Å². The van der Waals surface area contributed by atoms with Crippen LogP contribution < -0.4 is 10.6 Å². The van der Waals surface area contributed by atoms with Crippen LogP contribution in [0.1, 0.15) is 16.9 Å². The lowest BCUT2D eigenvalue weighted by molar-refractivity contribution is 0.529. The van der Waals surface area contributed by atoms with Crippen LogP contribution in [0, 0.1) is 6.92 Å². The van der Waals surface area contributed by atoms with Crippen LogP contribution in [-0.2, 0) is 6.54 Å². The van der Waals surface area contributed by atoms with Crippen molar-refractivity contribution in [2.45, 2.75) is 18.4 Å². The molecule has 106 valence electrons. The Bertz CT molecular complexity index is 622. The zero-order valence-electron chi connectivity index (χ0n) is 11.8. The summed E-state index contributed by atoms with van der Waals surface area (Å²) in [4.78, 5) is 3.68. The molecule has 2 rings (SSSR count). The van der Waals surface area contributed by atoms with Gasteiger partial charge >= 0.3 is 0 Å². The summed E-state index contributed by atoms with van der Waals surface area (Å²) in [5.41, 5.74) is 9.06. The summed E-state index contributed by atoms with van der Waals surface area (Å²) >= 11 is 6.87. The van der Waals surface area contributed by atoms with Gasteiger partial charge in [-0.05, 0) is 31.4 Å². The van der Waals surface area contributed by atoms with E-state index in [-0.39, 0.29) is 0 Å². The predicted molar refractivity (Wildman–Crippen MR) is 89.7 cm³/mol. The van der Waals surface area contributed by atoms with Crippen molar-refractivity contribution < 1.29 is 4.42 Å². The van der Waals surface area contributed by atoms with Gasteiger partial charge in [-0.1, -0.05) is 18.3 Å². The molecular weight excluding hydrogens is 288 g/mol. The van der Waals surface area contributed by atoms with Gasteiger partial charge in [0.2, 0.25) is 0 Å². The minimum Gasteiger partial charge on any atom is -0.469 e. The molecule has 0 fully saturated rings. The Labute approximate surface area is 129 Å². The van der Waals surface area contributed by atoms with Gasteiger partial charge in [0.05, 0.1) is 6.26 Å². The van der Waals surface area contributed by atoms with E-state index in [4.69, 9.17) is 22.4 Å². The van der Waals surface area contributed by atoms with Gasteiger partial charge in [0.15, 0.2) is 0 Å². The fourth-order valence-corrected chi connectivity index (χ4v) is 3.08. The molecule has 0 aliphatic carbocycles. The molecule has 5 heteroatoms. The molecule has 1 heterocycles. The molecule has 1 aromatic carbocycles. The van der Waals surface area contributed by atoms with Gasteiger partial charge in [0.1, 0.15) is 10.7 Å². The first-order valence-corrected chi connectivity index (χ1v) is 7.88. The van der Waals surface area contributed by atoms with Crippen molar-refractivity contribution in [2.75, 3.05) is 18.2 Å². The van der Waals surface area contributed by atoms with Crippen LogP contribution in [0.3, 0.4) is 0 Å². The maximum absolute atomic E-state index is 5.90. The Hall–Kier alpha value is -1.46. The highest BCUT2D eigenvalue weighted by atomic mass is 32.2. The third-order valence-corrected chi connectivity index (χ3v) is 4.24. The molecule has 0 saturated heterocycles. The van der Waals surface area contributed by atoms with E-state index in [0.717, 1.165) is 34.0 Å². The molecule has 0 radical (unpaired) electrons. The number of nitrogens with zero attached hydrogens (tertiary/aromatic N) is 1. The molecule has 2 aromatic rings. The lowest BCUT2D eigenvalue weighted by Crippen LogP contribution is -2.22. The van der Waals surface area contributed by atoms with E-state index in [0.29, 0.717) is 4.99 Å². The van der Waals surface area contributed by atoms with E-state index in [1.165, 1.54) is 0 Å². The number of nitrogens with two attached hydrogens (primary N) is 1. The van der Waals surface area contributed by atoms with Crippen molar-refractivity contribution in [3.05, 3.63) is 47.4 Å². The maximum Gasteiger partial charge on any atom is 0.107 e. The summed E-state index contributed by atoms with van der Waals surface area (Å²) in [6, 6.07) is 8.11. The minimum absolute atomic E-state index is 0.431. The zero-order chi connectivity index (χ0) is 14.7. The molecule has 0 unspecified atom stereocenters. The van der Waals surface area contributed by atoms with Crippen molar-refractivity contribution in [3.8, 4) is 0 Å². The minimum atomic E-state index is 0.431. The Morgan fingerprint density at radius 2 is 2.15 bits per heavy atom. The summed E-state index contributed by atoms with van der Waals surface area (Å²) in [6.07, 6.45) is 3.74. The molecule has 0 aliphatic heterocycles. The van der Waals surface area contributed by atoms with Gasteiger partial charge in [0.25, 0.3) is 0 Å². The first-order valence-electron chi connectivity index (χ1n) is 6.25. The fraction of sp³-hybridized carbons (Fsp3) is 0.267. The monoisotopic (exact) mass is 306 g/mol. The molecule has 0 atom stereocenters. The summed E-state index contributed by atoms with van der Waals surface area (Å²) in [6.45, 7) is 2.73. The molecule has 3 nitrogen and oxygen atoms in total. The molecule has 0 saturated carbocycles. The Morgan fingerprint density at radius 1 is 1.40 bits per heavy atom. The molecular formula is C15H18N2OS2. The summed E-state index contributed by atoms with van der Waals surface area (Å²) < 4.78 is 5.34. The van der Waals surface area contributed by atoms with Crippen molar-refractivity contribution >= 4 is 34.7 Å². The van der Waals surface area contributed by atoms with Crippen LogP contribution in [0.15, 0.2) is 39.8 Å². The number of thiocarbonyl (C=S) groups is 1. The molecule has 0 amide bonds. The second kappa shape index (κ2) is 6.33. The standard InChI is InChI=1S/C15H18N2OS2/c1-10-11(7-8-18-10)9-17(2)12-5-4-6-13(20-3)14(12)15(16)19/h4-8H,9H2,1-3H3,(H2,16,19). The largest absolute Gasteiger partial charge is 0.469 e. The lowest BCUT2D eigenvalue weighted by atomic mass is 10.1. The average Bonchev–Trinajstić information content (AvgIpc) is 2.83. The number of rotatable bonds is 5. The average molecular weight is 306 g/mol. The van der Waals surface area contributed by atoms with Crippen LogP contribution in [0.5, 0.6) is 0 Å². The third kappa shape index (κ3) is 2.99. The highest BCUT2D eigenvalue weighted by Gasteiger charge is 2.15. The van der Waals surface area contributed by atoms with Gasteiger partial charge in [0, 0.05) is 35.3 Å². The lowest BCUT2D eigenvalue weighted by Gasteiger charge is -2.23. The van der Waals surface area contributed by atoms with Gasteiger partial charge in [-0.2, -0.15) is 0 Å². The van der Waals surface area contributed by atoms with E-state index < -0.39 is 0 Å². The number of benzene rings is 1. The Balaban J connectivity index is 2.37. The van der Waals surface area contributed by atoms with Crippen molar-refractivity contribution in [2.24, 2.45) is 5.73 Å². The second-order valence-corrected chi connectivity index (χ2v) is 5.86. The van der Waals surface area contributed by atoms with Crippen LogP contribution in [-0.4, -0.2) is 18.3 Å². The molecule has 2 N–H and O–H groups in total. The van der Waals surface area contributed by atoms with Crippen molar-refractivity contribution in [1.82, 2.24) is 0 Å². The first kappa shape index (κ1) is 14.9. The number of aryl methyl sites for hydroxylation is 1. The van der Waals surface area contributed by atoms with E-state index in [1.54, 1.807) is 18.0 Å². The third-order valence-electron chi connectivity index (χ3n) is 3.26. The van der Waals surface area contributed by atoms with Crippen LogP contribution in [0.2, 0.25) is 0 Å². The quantitative estimate of drug-likeness (QED) is 0.675. The molecule has 20 heavy (non-hydrogen) atoms. The van der Waals surface area contributed by atoms with Crippen LogP contribution in [0.4, 0.5) is 5.69 Å². The normalized spacial score (nSPS) is 10.6. The molecule has 1 aromatic heterocycles. The van der Waals surface area contributed by atoms with Crippen molar-refractivity contribution in [3.63, 3.8) is 0 Å². The highest BCUT2D eigenvalue weighted by molar-refractivity contribution is 7.98.